The molecule has 2 rings (SSSR count). The van der Waals surface area contributed by atoms with E-state index < -0.39 is 0 Å². The van der Waals surface area contributed by atoms with Gasteiger partial charge in [-0.25, -0.2) is 4.98 Å². The average Bonchev–Trinajstić information content (AvgIpc) is 2.93. The third kappa shape index (κ3) is 6.28. The van der Waals surface area contributed by atoms with Crippen LogP contribution in [0.3, 0.4) is 0 Å². The van der Waals surface area contributed by atoms with Crippen LogP contribution < -0.4 is 5.73 Å². The van der Waals surface area contributed by atoms with Gasteiger partial charge in [-0.2, -0.15) is 0 Å². The highest BCUT2D eigenvalue weighted by Gasteiger charge is 2.21. The van der Waals surface area contributed by atoms with Gasteiger partial charge in [-0.3, -0.25) is 9.69 Å². The molecule has 132 valence electrons. The van der Waals surface area contributed by atoms with E-state index in [-0.39, 0.29) is 12.4 Å². The van der Waals surface area contributed by atoms with Crippen molar-refractivity contribution >= 4 is 34.8 Å². The molecular formula is C16H29ClN4OS. The average molecular weight is 361 g/mol. The van der Waals surface area contributed by atoms with Gasteiger partial charge in [-0.1, -0.05) is 0 Å². The Labute approximate surface area is 149 Å². The van der Waals surface area contributed by atoms with Crippen LogP contribution in [0.1, 0.15) is 44.4 Å². The highest BCUT2D eigenvalue weighted by atomic mass is 35.5. The molecule has 0 atom stereocenters. The maximum absolute atomic E-state index is 12.1. The van der Waals surface area contributed by atoms with Gasteiger partial charge in [0.2, 0.25) is 5.91 Å². The maximum atomic E-state index is 12.1. The van der Waals surface area contributed by atoms with E-state index in [0.717, 1.165) is 39.1 Å². The largest absolute Gasteiger partial charge is 0.375 e. The van der Waals surface area contributed by atoms with Crippen LogP contribution in [0.4, 0.5) is 5.13 Å². The molecule has 0 aromatic carbocycles. The summed E-state index contributed by atoms with van der Waals surface area (Å²) in [6, 6.07) is 0. The number of rotatable bonds is 7. The lowest BCUT2D eigenvalue weighted by Crippen LogP contribution is -2.34. The summed E-state index contributed by atoms with van der Waals surface area (Å²) in [7, 11) is 0. The van der Waals surface area contributed by atoms with Gasteiger partial charge in [0.15, 0.2) is 5.13 Å². The Kier molecular flexibility index (Phi) is 8.87. The van der Waals surface area contributed by atoms with Crippen LogP contribution in [0.15, 0.2) is 6.20 Å². The molecule has 1 saturated heterocycles. The summed E-state index contributed by atoms with van der Waals surface area (Å²) in [5, 5.41) is 0.653. The van der Waals surface area contributed by atoms with E-state index in [0.29, 0.717) is 23.4 Å². The summed E-state index contributed by atoms with van der Waals surface area (Å²) in [6.45, 7) is 8.93. The highest BCUT2D eigenvalue weighted by molar-refractivity contribution is 7.15. The third-order valence-corrected chi connectivity index (χ3v) is 5.35. The second-order valence-electron chi connectivity index (χ2n) is 5.99. The van der Waals surface area contributed by atoms with E-state index >= 15 is 0 Å². The lowest BCUT2D eigenvalue weighted by atomic mass is 9.92. The van der Waals surface area contributed by atoms with Crippen molar-refractivity contribution in [3.63, 3.8) is 0 Å². The van der Waals surface area contributed by atoms with E-state index in [9.17, 15) is 4.79 Å². The molecule has 1 aromatic heterocycles. The molecule has 0 radical (unpaired) electrons. The molecular weight excluding hydrogens is 332 g/mol. The third-order valence-electron chi connectivity index (χ3n) is 4.54. The Morgan fingerprint density at radius 3 is 2.57 bits per heavy atom. The van der Waals surface area contributed by atoms with Crippen molar-refractivity contribution in [2.75, 3.05) is 31.9 Å². The zero-order chi connectivity index (χ0) is 15.9. The Hall–Kier alpha value is -0.850. The van der Waals surface area contributed by atoms with Gasteiger partial charge < -0.3 is 10.6 Å². The second kappa shape index (κ2) is 10.1. The van der Waals surface area contributed by atoms with Gasteiger partial charge in [0, 0.05) is 37.1 Å². The van der Waals surface area contributed by atoms with Crippen molar-refractivity contribution in [2.24, 2.45) is 5.92 Å². The maximum Gasteiger partial charge on any atom is 0.222 e. The van der Waals surface area contributed by atoms with Crippen LogP contribution in [0.25, 0.3) is 0 Å². The molecule has 1 amide bonds. The number of nitrogens with two attached hydrogens (primary N) is 1. The Morgan fingerprint density at radius 2 is 2.04 bits per heavy atom. The van der Waals surface area contributed by atoms with Crippen LogP contribution in [0, 0.1) is 5.92 Å². The molecule has 0 spiro atoms. The zero-order valence-corrected chi connectivity index (χ0v) is 15.8. The van der Waals surface area contributed by atoms with Crippen molar-refractivity contribution in [1.29, 1.82) is 0 Å². The number of carbonyl (C=O) groups is 1. The van der Waals surface area contributed by atoms with Crippen molar-refractivity contribution in [1.82, 2.24) is 14.8 Å². The van der Waals surface area contributed by atoms with E-state index in [1.807, 2.05) is 24.9 Å². The van der Waals surface area contributed by atoms with Gasteiger partial charge in [0.25, 0.3) is 0 Å². The van der Waals surface area contributed by atoms with Crippen LogP contribution in [0.5, 0.6) is 0 Å². The number of anilines is 1. The van der Waals surface area contributed by atoms with Gasteiger partial charge in [0.05, 0.1) is 0 Å². The first-order valence-electron chi connectivity index (χ1n) is 8.32. The molecule has 1 aliphatic heterocycles. The number of hydrogen-bond donors (Lipinski definition) is 1. The molecule has 2 N–H and O–H groups in total. The van der Waals surface area contributed by atoms with Gasteiger partial charge in [-0.15, -0.1) is 23.7 Å². The lowest BCUT2D eigenvalue weighted by molar-refractivity contribution is -0.131. The number of amides is 1. The molecule has 7 heteroatoms. The summed E-state index contributed by atoms with van der Waals surface area (Å²) in [5.74, 6) is 1.01. The summed E-state index contributed by atoms with van der Waals surface area (Å²) in [5.41, 5.74) is 5.67. The minimum Gasteiger partial charge on any atom is -0.375 e. The fourth-order valence-corrected chi connectivity index (χ4v) is 3.84. The molecule has 0 unspecified atom stereocenters. The van der Waals surface area contributed by atoms with Crippen LogP contribution in [0.2, 0.25) is 0 Å². The van der Waals surface area contributed by atoms with E-state index in [4.69, 9.17) is 5.73 Å². The van der Waals surface area contributed by atoms with Crippen molar-refractivity contribution in [3.8, 4) is 0 Å². The minimum atomic E-state index is 0. The highest BCUT2D eigenvalue weighted by Crippen LogP contribution is 2.25. The first kappa shape index (κ1) is 20.2. The molecule has 0 aliphatic carbocycles. The van der Waals surface area contributed by atoms with Crippen LogP contribution in [-0.4, -0.2) is 46.9 Å². The van der Waals surface area contributed by atoms with Crippen LogP contribution in [-0.2, 0) is 11.3 Å². The SMILES string of the molecule is CCN(CC)C(=O)CCC1CCN(Cc2cnc(N)s2)CC1.Cl. The first-order valence-corrected chi connectivity index (χ1v) is 9.14. The first-order chi connectivity index (χ1) is 10.6. The van der Waals surface area contributed by atoms with Gasteiger partial charge in [0.1, 0.15) is 0 Å². The van der Waals surface area contributed by atoms with Crippen molar-refractivity contribution in [2.45, 2.75) is 46.1 Å². The summed E-state index contributed by atoms with van der Waals surface area (Å²) < 4.78 is 0. The Bertz CT molecular complexity index is 470. The molecule has 5 nitrogen and oxygen atoms in total. The summed E-state index contributed by atoms with van der Waals surface area (Å²) in [4.78, 5) is 21.8. The number of thiazole rings is 1. The topological polar surface area (TPSA) is 62.5 Å². The fourth-order valence-electron chi connectivity index (χ4n) is 3.11. The summed E-state index contributed by atoms with van der Waals surface area (Å²) >= 11 is 1.58. The Morgan fingerprint density at radius 1 is 1.39 bits per heavy atom. The van der Waals surface area contributed by atoms with E-state index in [1.54, 1.807) is 11.3 Å². The number of likely N-dealkylation sites (tertiary alicyclic amines) is 1. The lowest BCUT2D eigenvalue weighted by Gasteiger charge is -2.31. The smallest absolute Gasteiger partial charge is 0.222 e. The van der Waals surface area contributed by atoms with Crippen LogP contribution >= 0.6 is 23.7 Å². The van der Waals surface area contributed by atoms with Crippen molar-refractivity contribution in [3.05, 3.63) is 11.1 Å². The number of nitrogens with zero attached hydrogens (tertiary/aromatic N) is 3. The Balaban J connectivity index is 0.00000264. The zero-order valence-electron chi connectivity index (χ0n) is 14.2. The van der Waals surface area contributed by atoms with Gasteiger partial charge >= 0.3 is 0 Å². The predicted octanol–water partition coefficient (Wildman–Crippen LogP) is 3.01. The number of halogens is 1. The molecule has 1 aromatic rings. The van der Waals surface area contributed by atoms with Gasteiger partial charge in [-0.05, 0) is 52.1 Å². The number of piperidine rings is 1. The molecule has 1 aliphatic rings. The standard InChI is InChI=1S/C16H28N4OS.ClH/c1-3-20(4-2)15(21)6-5-13-7-9-19(10-8-13)12-14-11-18-16(17)22-14;/h11,13H,3-10,12H2,1-2H3,(H2,17,18);1H. The number of hydrogen-bond acceptors (Lipinski definition) is 5. The molecule has 0 bridgehead atoms. The molecule has 23 heavy (non-hydrogen) atoms. The molecule has 0 saturated carbocycles. The monoisotopic (exact) mass is 360 g/mol. The van der Waals surface area contributed by atoms with Crippen molar-refractivity contribution < 1.29 is 4.79 Å². The predicted molar refractivity (Wildman–Crippen MR) is 98.9 cm³/mol. The molecule has 2 heterocycles. The van der Waals surface area contributed by atoms with E-state index in [2.05, 4.69) is 9.88 Å². The second-order valence-corrected chi connectivity index (χ2v) is 7.14. The quantitative estimate of drug-likeness (QED) is 0.811. The summed E-state index contributed by atoms with van der Waals surface area (Å²) in [6.07, 6.45) is 6.02. The van der Waals surface area contributed by atoms with E-state index in [1.165, 1.54) is 17.7 Å². The number of carbonyl (C=O) groups excluding carboxylic acids is 1. The fraction of sp³-hybridized carbons (Fsp3) is 0.750. The molecule has 1 fully saturated rings. The normalized spacial score (nSPS) is 16.1. The number of aromatic nitrogens is 1. The minimum absolute atomic E-state index is 0. The number of nitrogen functional groups attached to an aromatic ring is 1.